The third-order valence-corrected chi connectivity index (χ3v) is 3.87. The second kappa shape index (κ2) is 6.02. The minimum atomic E-state index is -0.0675. The number of aryl methyl sites for hydroxylation is 1. The van der Waals surface area contributed by atoms with Crippen LogP contribution in [0.15, 0.2) is 18.2 Å². The molecule has 0 aromatic heterocycles. The van der Waals surface area contributed by atoms with Gasteiger partial charge < -0.3 is 9.84 Å². The van der Waals surface area contributed by atoms with Crippen molar-refractivity contribution in [3.8, 4) is 0 Å². The summed E-state index contributed by atoms with van der Waals surface area (Å²) in [4.78, 5) is 2.32. The van der Waals surface area contributed by atoms with Gasteiger partial charge in [-0.2, -0.15) is 0 Å². The summed E-state index contributed by atoms with van der Waals surface area (Å²) in [5.41, 5.74) is 2.31. The molecule has 0 bridgehead atoms. The molecular formula is C14H20ClNO2. The monoisotopic (exact) mass is 269 g/mol. The summed E-state index contributed by atoms with van der Waals surface area (Å²) in [5.74, 6) is 0. The van der Waals surface area contributed by atoms with Crippen LogP contribution in [0.5, 0.6) is 0 Å². The zero-order chi connectivity index (χ0) is 13.1. The van der Waals surface area contributed by atoms with Crippen LogP contribution in [0.2, 0.25) is 5.02 Å². The van der Waals surface area contributed by atoms with Crippen LogP contribution in [-0.4, -0.2) is 41.9 Å². The topological polar surface area (TPSA) is 32.7 Å². The average Bonchev–Trinajstić information content (AvgIpc) is 2.36. The second-order valence-corrected chi connectivity index (χ2v) is 5.41. The molecule has 100 valence electrons. The predicted octanol–water partition coefficient (Wildman–Crippen LogP) is 2.23. The van der Waals surface area contributed by atoms with Crippen LogP contribution < -0.4 is 0 Å². The predicted molar refractivity (Wildman–Crippen MR) is 72.9 cm³/mol. The van der Waals surface area contributed by atoms with E-state index in [4.69, 9.17) is 21.4 Å². The van der Waals surface area contributed by atoms with Crippen molar-refractivity contribution >= 4 is 11.6 Å². The number of ether oxygens (including phenoxy) is 1. The van der Waals surface area contributed by atoms with Crippen molar-refractivity contribution < 1.29 is 9.84 Å². The van der Waals surface area contributed by atoms with Gasteiger partial charge in [-0.3, -0.25) is 4.90 Å². The summed E-state index contributed by atoms with van der Waals surface area (Å²) < 4.78 is 5.53. The Balaban J connectivity index is 2.04. The number of hydrogen-bond acceptors (Lipinski definition) is 3. The standard InChI is InChI=1S/C14H20ClNO2/c1-10-3-4-12(5-14(10)15)6-16-7-13(8-17)18-9-11(16)2/h3-5,11,13,17H,6-9H2,1-2H3. The fraction of sp³-hybridized carbons (Fsp3) is 0.571. The van der Waals surface area contributed by atoms with Gasteiger partial charge in [0.2, 0.25) is 0 Å². The lowest BCUT2D eigenvalue weighted by Gasteiger charge is -2.37. The van der Waals surface area contributed by atoms with Crippen LogP contribution in [-0.2, 0) is 11.3 Å². The van der Waals surface area contributed by atoms with E-state index in [1.54, 1.807) is 0 Å². The third-order valence-electron chi connectivity index (χ3n) is 3.46. The fourth-order valence-electron chi connectivity index (χ4n) is 2.18. The summed E-state index contributed by atoms with van der Waals surface area (Å²) in [6.07, 6.45) is -0.0675. The first-order chi connectivity index (χ1) is 8.60. The minimum absolute atomic E-state index is 0.0675. The summed E-state index contributed by atoms with van der Waals surface area (Å²) in [6, 6.07) is 6.55. The number of aliphatic hydroxyl groups excluding tert-OH is 1. The van der Waals surface area contributed by atoms with Crippen molar-refractivity contribution in [3.63, 3.8) is 0 Å². The molecule has 0 radical (unpaired) electrons. The van der Waals surface area contributed by atoms with Crippen molar-refractivity contribution in [1.82, 2.24) is 4.90 Å². The molecule has 1 aromatic rings. The molecule has 0 spiro atoms. The number of aliphatic hydroxyl groups is 1. The molecule has 2 unspecified atom stereocenters. The van der Waals surface area contributed by atoms with Gasteiger partial charge in [-0.05, 0) is 31.0 Å². The minimum Gasteiger partial charge on any atom is -0.394 e. The van der Waals surface area contributed by atoms with E-state index >= 15 is 0 Å². The van der Waals surface area contributed by atoms with Crippen molar-refractivity contribution in [2.75, 3.05) is 19.8 Å². The van der Waals surface area contributed by atoms with Gasteiger partial charge in [0.1, 0.15) is 0 Å². The van der Waals surface area contributed by atoms with Gasteiger partial charge in [-0.1, -0.05) is 23.7 Å². The van der Waals surface area contributed by atoms with Gasteiger partial charge in [0.15, 0.2) is 0 Å². The molecule has 0 saturated carbocycles. The highest BCUT2D eigenvalue weighted by Crippen LogP contribution is 2.20. The Kier molecular flexibility index (Phi) is 4.62. The quantitative estimate of drug-likeness (QED) is 0.913. The molecule has 1 fully saturated rings. The van der Waals surface area contributed by atoms with Crippen LogP contribution in [0.25, 0.3) is 0 Å². The van der Waals surface area contributed by atoms with E-state index in [9.17, 15) is 0 Å². The van der Waals surface area contributed by atoms with E-state index in [1.165, 1.54) is 5.56 Å². The van der Waals surface area contributed by atoms with Gasteiger partial charge in [0.25, 0.3) is 0 Å². The molecule has 2 atom stereocenters. The smallest absolute Gasteiger partial charge is 0.0933 e. The van der Waals surface area contributed by atoms with Crippen molar-refractivity contribution in [2.45, 2.75) is 32.5 Å². The van der Waals surface area contributed by atoms with Crippen LogP contribution in [0.3, 0.4) is 0 Å². The molecule has 0 amide bonds. The molecule has 1 aliphatic rings. The Labute approximate surface area is 113 Å². The highest BCUT2D eigenvalue weighted by atomic mass is 35.5. The Morgan fingerprint density at radius 2 is 2.28 bits per heavy atom. The summed E-state index contributed by atoms with van der Waals surface area (Å²) in [6.45, 7) is 6.52. The SMILES string of the molecule is Cc1ccc(CN2CC(CO)OCC2C)cc1Cl. The lowest BCUT2D eigenvalue weighted by molar-refractivity contribution is -0.0805. The maximum Gasteiger partial charge on any atom is 0.0933 e. The van der Waals surface area contributed by atoms with Crippen LogP contribution in [0.4, 0.5) is 0 Å². The van der Waals surface area contributed by atoms with Crippen LogP contribution in [0.1, 0.15) is 18.1 Å². The molecule has 1 N–H and O–H groups in total. The van der Waals surface area contributed by atoms with E-state index in [-0.39, 0.29) is 12.7 Å². The van der Waals surface area contributed by atoms with Crippen LogP contribution in [0, 0.1) is 6.92 Å². The van der Waals surface area contributed by atoms with Crippen molar-refractivity contribution in [2.24, 2.45) is 0 Å². The van der Waals surface area contributed by atoms with Crippen molar-refractivity contribution in [3.05, 3.63) is 34.3 Å². The highest BCUT2D eigenvalue weighted by Gasteiger charge is 2.25. The first-order valence-corrected chi connectivity index (χ1v) is 6.69. The molecule has 3 nitrogen and oxygen atoms in total. The first kappa shape index (κ1) is 13.8. The van der Waals surface area contributed by atoms with Gasteiger partial charge in [0, 0.05) is 24.2 Å². The molecule has 4 heteroatoms. The Morgan fingerprint density at radius 3 is 2.94 bits per heavy atom. The number of halogens is 1. The Bertz CT molecular complexity index is 411. The average molecular weight is 270 g/mol. The molecule has 1 heterocycles. The maximum atomic E-state index is 9.17. The molecule has 0 aliphatic carbocycles. The number of benzene rings is 1. The molecule has 1 aliphatic heterocycles. The van der Waals surface area contributed by atoms with Gasteiger partial charge in [-0.25, -0.2) is 0 Å². The molecule has 2 rings (SSSR count). The number of hydrogen-bond donors (Lipinski definition) is 1. The summed E-state index contributed by atoms with van der Waals surface area (Å²) >= 11 is 6.14. The fourth-order valence-corrected chi connectivity index (χ4v) is 2.38. The molecular weight excluding hydrogens is 250 g/mol. The second-order valence-electron chi connectivity index (χ2n) is 5.00. The van der Waals surface area contributed by atoms with Gasteiger partial charge in [0.05, 0.1) is 19.3 Å². The Morgan fingerprint density at radius 1 is 1.50 bits per heavy atom. The molecule has 1 aromatic carbocycles. The van der Waals surface area contributed by atoms with Crippen molar-refractivity contribution in [1.29, 1.82) is 0 Å². The van der Waals surface area contributed by atoms with Gasteiger partial charge >= 0.3 is 0 Å². The zero-order valence-electron chi connectivity index (χ0n) is 10.9. The van der Waals surface area contributed by atoms with Crippen LogP contribution >= 0.6 is 11.6 Å². The van der Waals surface area contributed by atoms with E-state index < -0.39 is 0 Å². The Hall–Kier alpha value is -0.610. The lowest BCUT2D eigenvalue weighted by Crippen LogP contribution is -2.48. The summed E-state index contributed by atoms with van der Waals surface area (Å²) in [5, 5.41) is 9.98. The largest absolute Gasteiger partial charge is 0.394 e. The number of rotatable bonds is 3. The molecule has 1 saturated heterocycles. The van der Waals surface area contributed by atoms with E-state index in [1.807, 2.05) is 19.1 Å². The van der Waals surface area contributed by atoms with E-state index in [0.717, 1.165) is 23.7 Å². The number of nitrogens with zero attached hydrogens (tertiary/aromatic N) is 1. The maximum absolute atomic E-state index is 9.17. The van der Waals surface area contributed by atoms with Gasteiger partial charge in [-0.15, -0.1) is 0 Å². The normalized spacial score (nSPS) is 25.3. The lowest BCUT2D eigenvalue weighted by atomic mass is 10.1. The van der Waals surface area contributed by atoms with E-state index in [0.29, 0.717) is 12.6 Å². The zero-order valence-corrected chi connectivity index (χ0v) is 11.7. The number of morpholine rings is 1. The third kappa shape index (κ3) is 3.23. The van der Waals surface area contributed by atoms with E-state index in [2.05, 4.69) is 17.9 Å². The molecule has 18 heavy (non-hydrogen) atoms. The summed E-state index contributed by atoms with van der Waals surface area (Å²) in [7, 11) is 0. The first-order valence-electron chi connectivity index (χ1n) is 6.31. The highest BCUT2D eigenvalue weighted by molar-refractivity contribution is 6.31.